The molecule has 1 saturated heterocycles. The second-order valence-corrected chi connectivity index (χ2v) is 4.82. The van der Waals surface area contributed by atoms with E-state index in [0.29, 0.717) is 17.4 Å². The maximum atomic E-state index is 9.09. The molecule has 0 bridgehead atoms. The topological polar surface area (TPSA) is 36.3 Å². The van der Waals surface area contributed by atoms with Crippen LogP contribution in [0.5, 0.6) is 5.75 Å². The molecule has 1 atom stereocenters. The Bertz CT molecular complexity index is 450. The van der Waals surface area contributed by atoms with Crippen molar-refractivity contribution < 1.29 is 4.74 Å². The summed E-state index contributed by atoms with van der Waals surface area (Å²) in [5.41, 5.74) is 1.83. The van der Waals surface area contributed by atoms with Crippen LogP contribution in [0.15, 0.2) is 18.2 Å². The van der Waals surface area contributed by atoms with E-state index in [1.807, 2.05) is 12.1 Å². The zero-order chi connectivity index (χ0) is 13.0. The van der Waals surface area contributed by atoms with Gasteiger partial charge < -0.3 is 4.74 Å². The predicted molar refractivity (Wildman–Crippen MR) is 71.4 cm³/mol. The number of hydrogen-bond acceptors (Lipinski definition) is 3. The van der Waals surface area contributed by atoms with Gasteiger partial charge in [0.05, 0.1) is 12.7 Å². The molecule has 0 spiro atoms. The van der Waals surface area contributed by atoms with E-state index < -0.39 is 0 Å². The first kappa shape index (κ1) is 12.9. The van der Waals surface area contributed by atoms with Crippen molar-refractivity contribution >= 4 is 0 Å². The minimum absolute atomic E-state index is 0.627. The summed E-state index contributed by atoms with van der Waals surface area (Å²) in [5.74, 6) is 0.662. The van der Waals surface area contributed by atoms with Gasteiger partial charge in [-0.25, -0.2) is 0 Å². The van der Waals surface area contributed by atoms with Gasteiger partial charge in [0.1, 0.15) is 11.8 Å². The quantitative estimate of drug-likeness (QED) is 0.817. The summed E-state index contributed by atoms with van der Waals surface area (Å²) in [6.45, 7) is 4.36. The van der Waals surface area contributed by atoms with Crippen LogP contribution in [0.1, 0.15) is 37.3 Å². The fourth-order valence-electron chi connectivity index (χ4n) is 2.74. The summed E-state index contributed by atoms with van der Waals surface area (Å²) < 4.78 is 5.17. The van der Waals surface area contributed by atoms with Crippen LogP contribution >= 0.6 is 0 Å². The third kappa shape index (κ3) is 2.65. The molecule has 0 N–H and O–H groups in total. The van der Waals surface area contributed by atoms with Gasteiger partial charge in [-0.1, -0.05) is 13.0 Å². The Morgan fingerprint density at radius 2 is 2.33 bits per heavy atom. The summed E-state index contributed by atoms with van der Waals surface area (Å²) >= 11 is 0. The van der Waals surface area contributed by atoms with Crippen molar-refractivity contribution in [2.75, 3.05) is 13.7 Å². The Labute approximate surface area is 109 Å². The highest BCUT2D eigenvalue weighted by atomic mass is 16.5. The summed E-state index contributed by atoms with van der Waals surface area (Å²) in [7, 11) is 1.60. The second-order valence-electron chi connectivity index (χ2n) is 4.82. The van der Waals surface area contributed by atoms with Crippen LogP contribution < -0.4 is 4.74 Å². The smallest absolute Gasteiger partial charge is 0.136 e. The minimum Gasteiger partial charge on any atom is -0.495 e. The molecule has 1 aliphatic rings. The van der Waals surface area contributed by atoms with Crippen molar-refractivity contribution in [3.8, 4) is 11.8 Å². The first-order chi connectivity index (χ1) is 8.78. The normalized spacial score (nSPS) is 19.7. The SMILES string of the molecule is CCC1CCCN1Cc1ccc(OC)c(C#N)c1. The van der Waals surface area contributed by atoms with Crippen molar-refractivity contribution in [3.05, 3.63) is 29.3 Å². The van der Waals surface area contributed by atoms with Gasteiger partial charge in [0.2, 0.25) is 0 Å². The van der Waals surface area contributed by atoms with Gasteiger partial charge in [-0.15, -0.1) is 0 Å². The predicted octanol–water partition coefficient (Wildman–Crippen LogP) is 2.94. The zero-order valence-corrected chi connectivity index (χ0v) is 11.1. The summed E-state index contributed by atoms with van der Waals surface area (Å²) in [5, 5.41) is 9.09. The number of hydrogen-bond donors (Lipinski definition) is 0. The first-order valence-corrected chi connectivity index (χ1v) is 6.59. The Kier molecular flexibility index (Phi) is 4.22. The molecule has 1 aliphatic heterocycles. The number of methoxy groups -OCH3 is 1. The van der Waals surface area contributed by atoms with E-state index in [0.717, 1.165) is 6.54 Å². The number of benzene rings is 1. The third-order valence-corrected chi connectivity index (χ3v) is 3.74. The van der Waals surface area contributed by atoms with Crippen LogP contribution in [0.2, 0.25) is 0 Å². The fraction of sp³-hybridized carbons (Fsp3) is 0.533. The van der Waals surface area contributed by atoms with Crippen LogP contribution in [0.3, 0.4) is 0 Å². The van der Waals surface area contributed by atoms with Gasteiger partial charge in [-0.2, -0.15) is 5.26 Å². The van der Waals surface area contributed by atoms with Gasteiger partial charge in [-0.05, 0) is 43.5 Å². The molecule has 0 aromatic heterocycles. The Morgan fingerprint density at radius 3 is 3.00 bits per heavy atom. The lowest BCUT2D eigenvalue weighted by Crippen LogP contribution is -2.28. The maximum Gasteiger partial charge on any atom is 0.136 e. The lowest BCUT2D eigenvalue weighted by Gasteiger charge is -2.23. The van der Waals surface area contributed by atoms with Gasteiger partial charge in [-0.3, -0.25) is 4.90 Å². The lowest BCUT2D eigenvalue weighted by atomic mass is 10.1. The van der Waals surface area contributed by atoms with E-state index in [1.54, 1.807) is 7.11 Å². The largest absolute Gasteiger partial charge is 0.495 e. The van der Waals surface area contributed by atoms with E-state index in [-0.39, 0.29) is 0 Å². The number of nitrogens with zero attached hydrogens (tertiary/aromatic N) is 2. The van der Waals surface area contributed by atoms with Crippen LogP contribution in [0.25, 0.3) is 0 Å². The van der Waals surface area contributed by atoms with Gasteiger partial charge in [0.15, 0.2) is 0 Å². The van der Waals surface area contributed by atoms with Crippen LogP contribution in [0, 0.1) is 11.3 Å². The van der Waals surface area contributed by atoms with E-state index >= 15 is 0 Å². The van der Waals surface area contributed by atoms with E-state index in [4.69, 9.17) is 10.00 Å². The summed E-state index contributed by atoms with van der Waals surface area (Å²) in [6, 6.07) is 8.80. The van der Waals surface area contributed by atoms with Crippen LogP contribution in [-0.4, -0.2) is 24.6 Å². The molecule has 0 radical (unpaired) electrons. The first-order valence-electron chi connectivity index (χ1n) is 6.59. The Balaban J connectivity index is 2.12. The summed E-state index contributed by atoms with van der Waals surface area (Å²) in [4.78, 5) is 2.52. The molecule has 2 rings (SSSR count). The molecule has 1 unspecified atom stereocenters. The molecule has 96 valence electrons. The van der Waals surface area contributed by atoms with Gasteiger partial charge >= 0.3 is 0 Å². The van der Waals surface area contributed by atoms with Crippen molar-refractivity contribution in [1.82, 2.24) is 4.90 Å². The Morgan fingerprint density at radius 1 is 1.50 bits per heavy atom. The molecule has 0 amide bonds. The van der Waals surface area contributed by atoms with E-state index in [9.17, 15) is 0 Å². The molecule has 0 saturated carbocycles. The highest BCUT2D eigenvalue weighted by molar-refractivity contribution is 5.45. The highest BCUT2D eigenvalue weighted by Crippen LogP contribution is 2.24. The number of rotatable bonds is 4. The monoisotopic (exact) mass is 244 g/mol. The number of nitriles is 1. The standard InChI is InChI=1S/C15H20N2O/c1-3-14-5-4-8-17(14)11-12-6-7-15(18-2)13(9-12)10-16/h6-7,9,14H,3-5,8,11H2,1-2H3. The van der Waals surface area contributed by atoms with Crippen molar-refractivity contribution in [1.29, 1.82) is 5.26 Å². The Hall–Kier alpha value is -1.53. The molecular weight excluding hydrogens is 224 g/mol. The van der Waals surface area contributed by atoms with E-state index in [1.165, 1.54) is 31.4 Å². The number of ether oxygens (including phenoxy) is 1. The zero-order valence-electron chi connectivity index (χ0n) is 11.1. The molecular formula is C15H20N2O. The molecule has 3 heteroatoms. The lowest BCUT2D eigenvalue weighted by molar-refractivity contribution is 0.240. The van der Waals surface area contributed by atoms with Crippen molar-refractivity contribution in [2.24, 2.45) is 0 Å². The maximum absolute atomic E-state index is 9.09. The molecule has 1 heterocycles. The van der Waals surface area contributed by atoms with Crippen LogP contribution in [-0.2, 0) is 6.54 Å². The number of likely N-dealkylation sites (tertiary alicyclic amines) is 1. The molecule has 18 heavy (non-hydrogen) atoms. The minimum atomic E-state index is 0.627. The van der Waals surface area contributed by atoms with E-state index in [2.05, 4.69) is 24.0 Å². The molecule has 1 aromatic rings. The highest BCUT2D eigenvalue weighted by Gasteiger charge is 2.22. The molecule has 1 fully saturated rings. The average Bonchev–Trinajstić information content (AvgIpc) is 2.85. The summed E-state index contributed by atoms with van der Waals surface area (Å²) in [6.07, 6.45) is 3.80. The molecule has 1 aromatic carbocycles. The second kappa shape index (κ2) is 5.88. The van der Waals surface area contributed by atoms with Crippen molar-refractivity contribution in [3.63, 3.8) is 0 Å². The molecule has 3 nitrogen and oxygen atoms in total. The third-order valence-electron chi connectivity index (χ3n) is 3.74. The fourth-order valence-corrected chi connectivity index (χ4v) is 2.74. The van der Waals surface area contributed by atoms with Crippen LogP contribution in [0.4, 0.5) is 0 Å². The molecule has 0 aliphatic carbocycles. The van der Waals surface area contributed by atoms with Gasteiger partial charge in [0.25, 0.3) is 0 Å². The average molecular weight is 244 g/mol. The van der Waals surface area contributed by atoms with Gasteiger partial charge in [0, 0.05) is 12.6 Å². The van der Waals surface area contributed by atoms with Crippen molar-refractivity contribution in [2.45, 2.75) is 38.8 Å².